The quantitative estimate of drug-likeness (QED) is 0.591. The van der Waals surface area contributed by atoms with Gasteiger partial charge in [0.15, 0.2) is 0 Å². The highest BCUT2D eigenvalue weighted by atomic mass is 79.9. The molecule has 0 aliphatic heterocycles. The second-order valence-electron chi connectivity index (χ2n) is 4.01. The van der Waals surface area contributed by atoms with Gasteiger partial charge in [-0.25, -0.2) is 4.98 Å². The van der Waals surface area contributed by atoms with Crippen molar-refractivity contribution in [3.05, 3.63) is 46.0 Å². The molecule has 92 valence electrons. The minimum Gasteiger partial charge on any atom is -0.301 e. The first-order chi connectivity index (χ1) is 8.66. The lowest BCUT2D eigenvalue weighted by molar-refractivity contribution is 0.963. The van der Waals surface area contributed by atoms with Crippen molar-refractivity contribution in [2.45, 2.75) is 12.3 Å². The molecule has 0 saturated carbocycles. The third-order valence-electron chi connectivity index (χ3n) is 2.75. The van der Waals surface area contributed by atoms with Crippen LogP contribution in [0, 0.1) is 0 Å². The van der Waals surface area contributed by atoms with E-state index in [0.717, 1.165) is 26.4 Å². The summed E-state index contributed by atoms with van der Waals surface area (Å²) in [6, 6.07) is 8.08. The average Bonchev–Trinajstić information content (AvgIpc) is 2.94. The molecule has 3 aromatic heterocycles. The van der Waals surface area contributed by atoms with Gasteiger partial charge >= 0.3 is 0 Å². The Bertz CT molecular complexity index is 688. The summed E-state index contributed by atoms with van der Waals surface area (Å²) in [4.78, 5) is 5.84. The molecule has 0 spiro atoms. The second-order valence-corrected chi connectivity index (χ2v) is 6.53. The molecule has 2 nitrogen and oxygen atoms in total. The predicted octanol–water partition coefficient (Wildman–Crippen LogP) is 5.13. The number of fused-ring (bicyclic) bond motifs is 1. The van der Waals surface area contributed by atoms with E-state index in [1.807, 2.05) is 31.3 Å². The van der Waals surface area contributed by atoms with Gasteiger partial charge in [0.25, 0.3) is 0 Å². The largest absolute Gasteiger partial charge is 0.301 e. The lowest BCUT2D eigenvalue weighted by atomic mass is 10.2. The van der Waals surface area contributed by atoms with E-state index in [0.29, 0.717) is 0 Å². The van der Waals surface area contributed by atoms with Crippen molar-refractivity contribution in [3.8, 4) is 10.6 Å². The summed E-state index contributed by atoms with van der Waals surface area (Å²) in [7, 11) is 0. The number of hydrogen-bond acceptors (Lipinski definition) is 2. The zero-order valence-corrected chi connectivity index (χ0v) is 12.8. The Labute approximate surface area is 122 Å². The third-order valence-corrected chi connectivity index (χ3v) is 4.30. The number of thiophene rings is 1. The predicted molar refractivity (Wildman–Crippen MR) is 80.5 cm³/mol. The molecule has 0 amide bonds. The molecule has 18 heavy (non-hydrogen) atoms. The van der Waals surface area contributed by atoms with Crippen LogP contribution < -0.4 is 0 Å². The number of halogens is 2. The minimum atomic E-state index is -0.0913. The molecular weight excluding hydrogens is 332 g/mol. The third kappa shape index (κ3) is 1.98. The Balaban J connectivity index is 2.35. The molecule has 0 radical (unpaired) electrons. The summed E-state index contributed by atoms with van der Waals surface area (Å²) in [6.07, 6.45) is 2.01. The van der Waals surface area contributed by atoms with E-state index in [2.05, 4.69) is 36.8 Å². The van der Waals surface area contributed by atoms with Gasteiger partial charge in [0, 0.05) is 10.7 Å². The summed E-state index contributed by atoms with van der Waals surface area (Å²) in [6.45, 7) is 1.98. The fourth-order valence-corrected chi connectivity index (χ4v) is 3.28. The maximum absolute atomic E-state index is 6.33. The van der Waals surface area contributed by atoms with Gasteiger partial charge in [0.2, 0.25) is 0 Å². The van der Waals surface area contributed by atoms with Crippen molar-refractivity contribution in [2.75, 3.05) is 0 Å². The number of nitrogens with zero attached hydrogens (tertiary/aromatic N) is 2. The molecule has 3 heterocycles. The summed E-state index contributed by atoms with van der Waals surface area (Å²) in [5.41, 5.74) is 2.94. The molecule has 0 N–H and O–H groups in total. The molecule has 3 aromatic rings. The van der Waals surface area contributed by atoms with E-state index in [1.165, 1.54) is 0 Å². The van der Waals surface area contributed by atoms with Gasteiger partial charge in [0.1, 0.15) is 11.3 Å². The van der Waals surface area contributed by atoms with Crippen LogP contribution in [0.15, 0.2) is 40.3 Å². The van der Waals surface area contributed by atoms with Crippen molar-refractivity contribution >= 4 is 44.5 Å². The van der Waals surface area contributed by atoms with E-state index in [1.54, 1.807) is 11.3 Å². The number of hydrogen-bond donors (Lipinski definition) is 0. The van der Waals surface area contributed by atoms with Crippen LogP contribution in [0.3, 0.4) is 0 Å². The summed E-state index contributed by atoms with van der Waals surface area (Å²) < 4.78 is 3.07. The van der Waals surface area contributed by atoms with Crippen molar-refractivity contribution in [3.63, 3.8) is 0 Å². The summed E-state index contributed by atoms with van der Waals surface area (Å²) in [5.74, 6) is 0. The number of aromatic nitrogens is 2. The first-order valence-corrected chi connectivity index (χ1v) is 7.63. The number of imidazole rings is 1. The van der Waals surface area contributed by atoms with Crippen LogP contribution in [0.4, 0.5) is 0 Å². The molecule has 0 bridgehead atoms. The van der Waals surface area contributed by atoms with E-state index in [-0.39, 0.29) is 5.38 Å². The Morgan fingerprint density at radius 3 is 2.89 bits per heavy atom. The molecule has 1 atom stereocenters. The van der Waals surface area contributed by atoms with Crippen LogP contribution in [0.2, 0.25) is 0 Å². The Morgan fingerprint density at radius 1 is 1.39 bits per heavy atom. The molecular formula is C13H10BrClN2S. The van der Waals surface area contributed by atoms with Crippen LogP contribution in [0.1, 0.15) is 18.0 Å². The molecule has 0 aromatic carbocycles. The monoisotopic (exact) mass is 340 g/mol. The van der Waals surface area contributed by atoms with Crippen LogP contribution in [0.25, 0.3) is 16.2 Å². The maximum atomic E-state index is 6.33. The van der Waals surface area contributed by atoms with Crippen LogP contribution >= 0.6 is 38.9 Å². The topological polar surface area (TPSA) is 17.3 Å². The standard InChI is InChI=1S/C13H10BrClN2S/c1-8(15)13-12(10-3-2-6-18-10)16-11-5-4-9(14)7-17(11)13/h2-8H,1H3. The zero-order valence-electron chi connectivity index (χ0n) is 9.60. The molecule has 3 rings (SSSR count). The van der Waals surface area contributed by atoms with Crippen LogP contribution in [-0.2, 0) is 0 Å². The van der Waals surface area contributed by atoms with Crippen LogP contribution in [-0.4, -0.2) is 9.38 Å². The summed E-state index contributed by atoms with van der Waals surface area (Å²) >= 11 is 11.5. The normalized spacial score (nSPS) is 13.1. The van der Waals surface area contributed by atoms with E-state index < -0.39 is 0 Å². The minimum absolute atomic E-state index is 0.0913. The lowest BCUT2D eigenvalue weighted by Gasteiger charge is -2.06. The van der Waals surface area contributed by atoms with E-state index in [4.69, 9.17) is 11.6 Å². The smallest absolute Gasteiger partial charge is 0.137 e. The Hall–Kier alpha value is -0.840. The van der Waals surface area contributed by atoms with E-state index in [9.17, 15) is 0 Å². The SMILES string of the molecule is CC(Cl)c1c(-c2cccs2)nc2ccc(Br)cn12. The highest BCUT2D eigenvalue weighted by molar-refractivity contribution is 9.10. The van der Waals surface area contributed by atoms with Crippen molar-refractivity contribution in [2.24, 2.45) is 0 Å². The van der Waals surface area contributed by atoms with E-state index >= 15 is 0 Å². The number of alkyl halides is 1. The van der Waals surface area contributed by atoms with Crippen molar-refractivity contribution in [1.82, 2.24) is 9.38 Å². The van der Waals surface area contributed by atoms with Crippen molar-refractivity contribution in [1.29, 1.82) is 0 Å². The van der Waals surface area contributed by atoms with Gasteiger partial charge in [0.05, 0.1) is 15.9 Å². The highest BCUT2D eigenvalue weighted by Crippen LogP contribution is 2.34. The first-order valence-electron chi connectivity index (χ1n) is 5.52. The van der Waals surface area contributed by atoms with Gasteiger partial charge in [-0.2, -0.15) is 0 Å². The fourth-order valence-electron chi connectivity index (χ4n) is 2.01. The van der Waals surface area contributed by atoms with Crippen molar-refractivity contribution < 1.29 is 0 Å². The average molecular weight is 342 g/mol. The summed E-state index contributed by atoms with van der Waals surface area (Å²) in [5, 5.41) is 1.96. The molecule has 0 aliphatic carbocycles. The molecule has 0 aliphatic rings. The van der Waals surface area contributed by atoms with Gasteiger partial charge in [-0.05, 0) is 46.4 Å². The number of rotatable bonds is 2. The van der Waals surface area contributed by atoms with Gasteiger partial charge in [-0.1, -0.05) is 6.07 Å². The molecule has 0 fully saturated rings. The molecule has 5 heteroatoms. The second kappa shape index (κ2) is 4.68. The maximum Gasteiger partial charge on any atom is 0.137 e. The van der Waals surface area contributed by atoms with Crippen LogP contribution in [0.5, 0.6) is 0 Å². The highest BCUT2D eigenvalue weighted by Gasteiger charge is 2.18. The lowest BCUT2D eigenvalue weighted by Crippen LogP contribution is -1.94. The number of pyridine rings is 1. The van der Waals surface area contributed by atoms with Gasteiger partial charge in [-0.15, -0.1) is 22.9 Å². The zero-order chi connectivity index (χ0) is 12.7. The Morgan fingerprint density at radius 2 is 2.22 bits per heavy atom. The first kappa shape index (κ1) is 12.2. The fraction of sp³-hybridized carbons (Fsp3) is 0.154. The molecule has 0 saturated heterocycles. The Kier molecular flexibility index (Phi) is 3.18. The van der Waals surface area contributed by atoms with Gasteiger partial charge < -0.3 is 4.40 Å². The van der Waals surface area contributed by atoms with Gasteiger partial charge in [-0.3, -0.25) is 0 Å². The molecule has 1 unspecified atom stereocenters.